The molecule has 0 saturated heterocycles. The Morgan fingerprint density at radius 3 is 2.81 bits per heavy atom. The first-order valence-electron chi connectivity index (χ1n) is 9.06. The van der Waals surface area contributed by atoms with Crippen LogP contribution < -0.4 is 5.73 Å². The lowest BCUT2D eigenvalue weighted by Crippen LogP contribution is -2.37. The van der Waals surface area contributed by atoms with Gasteiger partial charge in [0.2, 0.25) is 0 Å². The molecule has 3 rings (SSSR count). The van der Waals surface area contributed by atoms with Crippen LogP contribution in [0.25, 0.3) is 0 Å². The van der Waals surface area contributed by atoms with E-state index >= 15 is 0 Å². The number of rotatable bonds is 5. The highest BCUT2D eigenvalue weighted by Crippen LogP contribution is 2.33. The Bertz CT molecular complexity index is 433. The van der Waals surface area contributed by atoms with Gasteiger partial charge in [-0.3, -0.25) is 4.68 Å². The van der Waals surface area contributed by atoms with E-state index in [9.17, 15) is 0 Å². The van der Waals surface area contributed by atoms with Crippen LogP contribution in [0.2, 0.25) is 0 Å². The summed E-state index contributed by atoms with van der Waals surface area (Å²) in [6.45, 7) is 2.30. The van der Waals surface area contributed by atoms with Crippen molar-refractivity contribution in [2.75, 3.05) is 0 Å². The van der Waals surface area contributed by atoms with Crippen molar-refractivity contribution in [1.29, 1.82) is 0 Å². The number of nitrogens with zero attached hydrogens (tertiary/aromatic N) is 2. The minimum atomic E-state index is 0.384. The summed E-state index contributed by atoms with van der Waals surface area (Å²) in [6, 6.07) is 3.27. The highest BCUT2D eigenvalue weighted by Gasteiger charge is 2.28. The van der Waals surface area contributed by atoms with Gasteiger partial charge in [-0.15, -0.1) is 0 Å². The van der Waals surface area contributed by atoms with Crippen LogP contribution in [0.3, 0.4) is 0 Å². The quantitative estimate of drug-likeness (QED) is 0.887. The van der Waals surface area contributed by atoms with Gasteiger partial charge >= 0.3 is 0 Å². The van der Waals surface area contributed by atoms with E-state index in [2.05, 4.69) is 23.9 Å². The SMILES string of the molecule is CCCC1CCC(N)C(Cc2ccn(C3CCCC3)n2)C1. The fraction of sp³-hybridized carbons (Fsp3) is 0.833. The maximum atomic E-state index is 6.38. The predicted molar refractivity (Wildman–Crippen MR) is 87.2 cm³/mol. The monoisotopic (exact) mass is 289 g/mol. The molecule has 0 radical (unpaired) electrons. The van der Waals surface area contributed by atoms with Gasteiger partial charge in [0.25, 0.3) is 0 Å². The van der Waals surface area contributed by atoms with Gasteiger partial charge in [0.05, 0.1) is 11.7 Å². The van der Waals surface area contributed by atoms with Gasteiger partial charge in [0.1, 0.15) is 0 Å². The molecule has 0 spiro atoms. The molecule has 1 heterocycles. The van der Waals surface area contributed by atoms with Crippen LogP contribution in [0.1, 0.15) is 76.4 Å². The second kappa shape index (κ2) is 6.95. The molecule has 2 saturated carbocycles. The highest BCUT2D eigenvalue weighted by molar-refractivity contribution is 5.03. The predicted octanol–water partition coefficient (Wildman–Crippen LogP) is 4.08. The summed E-state index contributed by atoms with van der Waals surface area (Å²) in [6.07, 6.45) is 15.2. The first-order chi connectivity index (χ1) is 10.3. The van der Waals surface area contributed by atoms with Crippen molar-refractivity contribution in [2.24, 2.45) is 17.6 Å². The van der Waals surface area contributed by atoms with Gasteiger partial charge in [0, 0.05) is 12.2 Å². The summed E-state index contributed by atoms with van der Waals surface area (Å²) in [5.74, 6) is 1.54. The summed E-state index contributed by atoms with van der Waals surface area (Å²) < 4.78 is 2.22. The number of aromatic nitrogens is 2. The van der Waals surface area contributed by atoms with E-state index in [4.69, 9.17) is 10.8 Å². The average Bonchev–Trinajstić information content (AvgIpc) is 3.13. The number of hydrogen-bond acceptors (Lipinski definition) is 2. The van der Waals surface area contributed by atoms with Crippen molar-refractivity contribution in [2.45, 2.75) is 83.2 Å². The van der Waals surface area contributed by atoms with Gasteiger partial charge in [-0.2, -0.15) is 5.10 Å². The Morgan fingerprint density at radius 2 is 2.05 bits per heavy atom. The third-order valence-corrected chi connectivity index (χ3v) is 5.68. The summed E-state index contributed by atoms with van der Waals surface area (Å²) in [5.41, 5.74) is 7.64. The molecule has 21 heavy (non-hydrogen) atoms. The van der Waals surface area contributed by atoms with Gasteiger partial charge < -0.3 is 5.73 Å². The van der Waals surface area contributed by atoms with Crippen LogP contribution in [0.5, 0.6) is 0 Å². The van der Waals surface area contributed by atoms with Crippen LogP contribution in [0, 0.1) is 11.8 Å². The van der Waals surface area contributed by atoms with E-state index in [-0.39, 0.29) is 0 Å². The van der Waals surface area contributed by atoms with Gasteiger partial charge in [-0.05, 0) is 56.4 Å². The van der Waals surface area contributed by atoms with Crippen molar-refractivity contribution in [3.05, 3.63) is 18.0 Å². The largest absolute Gasteiger partial charge is 0.327 e. The third kappa shape index (κ3) is 3.68. The van der Waals surface area contributed by atoms with E-state index < -0.39 is 0 Å². The van der Waals surface area contributed by atoms with E-state index in [1.807, 2.05) is 0 Å². The van der Waals surface area contributed by atoms with Crippen molar-refractivity contribution in [3.8, 4) is 0 Å². The van der Waals surface area contributed by atoms with Gasteiger partial charge in [-0.1, -0.05) is 32.6 Å². The summed E-state index contributed by atoms with van der Waals surface area (Å²) in [5, 5.41) is 4.85. The highest BCUT2D eigenvalue weighted by atomic mass is 15.3. The van der Waals surface area contributed by atoms with Gasteiger partial charge in [-0.25, -0.2) is 0 Å². The summed E-state index contributed by atoms with van der Waals surface area (Å²) in [7, 11) is 0. The molecule has 2 N–H and O–H groups in total. The fourth-order valence-electron chi connectivity index (χ4n) is 4.42. The first-order valence-corrected chi connectivity index (χ1v) is 9.06. The van der Waals surface area contributed by atoms with Crippen molar-refractivity contribution in [1.82, 2.24) is 9.78 Å². The third-order valence-electron chi connectivity index (χ3n) is 5.68. The summed E-state index contributed by atoms with van der Waals surface area (Å²) in [4.78, 5) is 0. The van der Waals surface area contributed by atoms with Gasteiger partial charge in [0.15, 0.2) is 0 Å². The zero-order valence-corrected chi connectivity index (χ0v) is 13.5. The van der Waals surface area contributed by atoms with Crippen molar-refractivity contribution in [3.63, 3.8) is 0 Å². The lowest BCUT2D eigenvalue weighted by Gasteiger charge is -2.33. The van der Waals surface area contributed by atoms with Crippen LogP contribution in [0.4, 0.5) is 0 Å². The molecule has 0 aliphatic heterocycles. The molecule has 3 nitrogen and oxygen atoms in total. The molecule has 0 bridgehead atoms. The minimum absolute atomic E-state index is 0.384. The molecule has 118 valence electrons. The standard InChI is InChI=1S/C18H31N3/c1-2-5-14-8-9-18(19)15(12-14)13-16-10-11-21(20-16)17-6-3-4-7-17/h10-11,14-15,17-18H,2-9,12-13,19H2,1H3. The number of hydrogen-bond donors (Lipinski definition) is 1. The zero-order chi connectivity index (χ0) is 14.7. The molecule has 2 fully saturated rings. The average molecular weight is 289 g/mol. The van der Waals surface area contributed by atoms with Crippen LogP contribution in [-0.4, -0.2) is 15.8 Å². The molecule has 1 aromatic heterocycles. The molecule has 3 heteroatoms. The number of nitrogens with two attached hydrogens (primary N) is 1. The van der Waals surface area contributed by atoms with E-state index in [1.54, 1.807) is 0 Å². The molecule has 0 aromatic carbocycles. The molecule has 2 aliphatic rings. The smallest absolute Gasteiger partial charge is 0.0628 e. The van der Waals surface area contributed by atoms with Crippen LogP contribution in [0.15, 0.2) is 12.3 Å². The Hall–Kier alpha value is -0.830. The van der Waals surface area contributed by atoms with E-state index in [0.717, 1.165) is 12.3 Å². The Morgan fingerprint density at radius 1 is 1.24 bits per heavy atom. The van der Waals surface area contributed by atoms with Crippen LogP contribution >= 0.6 is 0 Å². The molecule has 2 aliphatic carbocycles. The minimum Gasteiger partial charge on any atom is -0.327 e. The summed E-state index contributed by atoms with van der Waals surface area (Å²) >= 11 is 0. The molecule has 3 atom stereocenters. The second-order valence-corrected chi connectivity index (χ2v) is 7.32. The normalized spacial score (nSPS) is 30.9. The Kier molecular flexibility index (Phi) is 4.99. The fourth-order valence-corrected chi connectivity index (χ4v) is 4.42. The molecular weight excluding hydrogens is 258 g/mol. The molecule has 1 aromatic rings. The maximum absolute atomic E-state index is 6.38. The zero-order valence-electron chi connectivity index (χ0n) is 13.5. The second-order valence-electron chi connectivity index (χ2n) is 7.32. The first kappa shape index (κ1) is 15.1. The van der Waals surface area contributed by atoms with E-state index in [1.165, 1.54) is 63.5 Å². The lowest BCUT2D eigenvalue weighted by molar-refractivity contribution is 0.220. The molecule has 3 unspecified atom stereocenters. The molecular formula is C18H31N3. The lowest BCUT2D eigenvalue weighted by atomic mass is 9.75. The van der Waals surface area contributed by atoms with Crippen molar-refractivity contribution < 1.29 is 0 Å². The Labute approximate surface area is 129 Å². The Balaban J connectivity index is 1.59. The molecule has 0 amide bonds. The van der Waals surface area contributed by atoms with E-state index in [0.29, 0.717) is 18.0 Å². The van der Waals surface area contributed by atoms with Crippen molar-refractivity contribution >= 4 is 0 Å². The topological polar surface area (TPSA) is 43.8 Å². The van der Waals surface area contributed by atoms with Crippen LogP contribution in [-0.2, 0) is 6.42 Å². The maximum Gasteiger partial charge on any atom is 0.0628 e.